The van der Waals surface area contributed by atoms with Crippen LogP contribution < -0.4 is 14.3 Å². The fraction of sp³-hybridized carbons (Fsp3) is 0.0435. The summed E-state index contributed by atoms with van der Waals surface area (Å²) in [5, 5.41) is 10.9. The van der Waals surface area contributed by atoms with Crippen LogP contribution in [0.25, 0.3) is 16.9 Å². The average Bonchev–Trinajstić information content (AvgIpc) is 3.42. The zero-order valence-electron chi connectivity index (χ0n) is 15.4. The Morgan fingerprint density at radius 2 is 1.62 bits per heavy atom. The van der Waals surface area contributed by atoms with Crippen LogP contribution in [0.4, 0.5) is 0 Å². The summed E-state index contributed by atoms with van der Waals surface area (Å²) in [6.45, 7) is 0.259. The summed E-state index contributed by atoms with van der Waals surface area (Å²) in [7, 11) is 0. The summed E-state index contributed by atoms with van der Waals surface area (Å²) in [6.07, 6.45) is 1.72. The monoisotopic (exact) mass is 399 g/mol. The topological polar surface area (TPSA) is 48.1 Å². The van der Waals surface area contributed by atoms with Crippen LogP contribution in [0.15, 0.2) is 94.4 Å². The van der Waals surface area contributed by atoms with Crippen molar-refractivity contribution >= 4 is 17.6 Å². The molecule has 0 spiro atoms. The Hall–Kier alpha value is -3.64. The molecule has 0 fully saturated rings. The number of aromatic nitrogens is 1. The first-order valence-corrected chi connectivity index (χ1v) is 10.0. The van der Waals surface area contributed by atoms with Gasteiger partial charge in [-0.05, 0) is 41.5 Å². The first-order valence-electron chi connectivity index (χ1n) is 9.16. The molecule has 142 valence electrons. The van der Waals surface area contributed by atoms with Gasteiger partial charge in [-0.3, -0.25) is 4.57 Å². The fourth-order valence-electron chi connectivity index (χ4n) is 3.16. The molecule has 4 aromatic rings. The Bertz CT molecular complexity index is 1230. The molecule has 2 heterocycles. The molecule has 0 atom stereocenters. The van der Waals surface area contributed by atoms with Crippen molar-refractivity contribution in [2.75, 3.05) is 6.79 Å². The number of ether oxygens (including phenoxy) is 2. The minimum Gasteiger partial charge on any atom is -0.454 e. The highest BCUT2D eigenvalue weighted by molar-refractivity contribution is 7.07. The summed E-state index contributed by atoms with van der Waals surface area (Å²) in [5.74, 6) is 1.49. The van der Waals surface area contributed by atoms with E-state index in [1.165, 1.54) is 0 Å². The van der Waals surface area contributed by atoms with Gasteiger partial charge < -0.3 is 9.47 Å². The van der Waals surface area contributed by atoms with E-state index in [-0.39, 0.29) is 6.79 Å². The van der Waals surface area contributed by atoms with Gasteiger partial charge in [0.05, 0.1) is 11.9 Å². The summed E-state index contributed by atoms with van der Waals surface area (Å²) >= 11 is 1.56. The molecule has 5 rings (SSSR count). The van der Waals surface area contributed by atoms with E-state index in [0.29, 0.717) is 0 Å². The van der Waals surface area contributed by atoms with Gasteiger partial charge in [-0.25, -0.2) is 0 Å². The molecule has 6 heteroatoms. The predicted octanol–water partition coefficient (Wildman–Crippen LogP) is 4.87. The largest absolute Gasteiger partial charge is 0.454 e. The number of nitrogens with zero attached hydrogens (tertiary/aromatic N) is 3. The lowest BCUT2D eigenvalue weighted by Gasteiger charge is -2.08. The van der Waals surface area contributed by atoms with Crippen LogP contribution in [0.2, 0.25) is 0 Å². The molecule has 0 unspecified atom stereocenters. The maximum atomic E-state index is 5.42. The normalized spacial score (nSPS) is 13.3. The second kappa shape index (κ2) is 7.77. The third kappa shape index (κ3) is 3.58. The van der Waals surface area contributed by atoms with Gasteiger partial charge >= 0.3 is 0 Å². The minimum atomic E-state index is 0.259. The van der Waals surface area contributed by atoms with Crippen LogP contribution in [0.3, 0.4) is 0 Å². The van der Waals surface area contributed by atoms with Crippen molar-refractivity contribution in [1.82, 2.24) is 4.57 Å². The number of rotatable bonds is 4. The zero-order valence-corrected chi connectivity index (χ0v) is 16.3. The lowest BCUT2D eigenvalue weighted by atomic mass is 10.1. The van der Waals surface area contributed by atoms with Gasteiger partial charge in [-0.2, -0.15) is 5.10 Å². The van der Waals surface area contributed by atoms with Gasteiger partial charge in [0.2, 0.25) is 11.6 Å². The maximum Gasteiger partial charge on any atom is 0.231 e. The molecule has 3 aromatic carbocycles. The standard InChI is InChI=1S/C23H17N3O2S/c1-3-7-18(8-4-1)20-15-29-23(26(20)19-9-5-2-6-10-19)25-24-14-17-11-12-21-22(13-17)28-16-27-21/h1-15H,16H2/b24-14-,25-23+. The first-order chi connectivity index (χ1) is 14.4. The Labute approximate surface area is 171 Å². The average molecular weight is 399 g/mol. The Kier molecular flexibility index (Phi) is 4.68. The first kappa shape index (κ1) is 17.5. The molecule has 1 aliphatic heterocycles. The maximum absolute atomic E-state index is 5.42. The third-order valence-corrected chi connectivity index (χ3v) is 5.35. The molecule has 0 saturated carbocycles. The molecule has 0 amide bonds. The van der Waals surface area contributed by atoms with Crippen molar-refractivity contribution < 1.29 is 9.47 Å². The molecule has 1 aromatic heterocycles. The summed E-state index contributed by atoms with van der Waals surface area (Å²) < 4.78 is 12.9. The van der Waals surface area contributed by atoms with E-state index in [2.05, 4.69) is 44.4 Å². The summed E-state index contributed by atoms with van der Waals surface area (Å²) in [6, 6.07) is 26.2. The van der Waals surface area contributed by atoms with Crippen molar-refractivity contribution in [3.8, 4) is 28.4 Å². The number of hydrogen-bond donors (Lipinski definition) is 0. The van der Waals surface area contributed by atoms with Crippen LogP contribution >= 0.6 is 11.3 Å². The van der Waals surface area contributed by atoms with E-state index in [1.807, 2.05) is 54.6 Å². The molecular weight excluding hydrogens is 382 g/mol. The highest BCUT2D eigenvalue weighted by atomic mass is 32.1. The molecule has 0 aliphatic carbocycles. The molecular formula is C23H17N3O2S. The van der Waals surface area contributed by atoms with Crippen molar-refractivity contribution in [3.05, 3.63) is 94.6 Å². The molecule has 29 heavy (non-hydrogen) atoms. The second-order valence-electron chi connectivity index (χ2n) is 6.40. The summed E-state index contributed by atoms with van der Waals surface area (Å²) in [4.78, 5) is 0.798. The van der Waals surface area contributed by atoms with Gasteiger partial charge in [-0.15, -0.1) is 16.4 Å². The fourth-order valence-corrected chi connectivity index (χ4v) is 4.02. The van der Waals surface area contributed by atoms with Crippen LogP contribution in [-0.2, 0) is 0 Å². The van der Waals surface area contributed by atoms with E-state index in [9.17, 15) is 0 Å². The number of benzene rings is 3. The summed E-state index contributed by atoms with van der Waals surface area (Å²) in [5.41, 5.74) is 4.17. The smallest absolute Gasteiger partial charge is 0.231 e. The number of thiazole rings is 1. The van der Waals surface area contributed by atoms with Crippen LogP contribution in [0.5, 0.6) is 11.5 Å². The van der Waals surface area contributed by atoms with Gasteiger partial charge in [0.15, 0.2) is 11.5 Å². The number of hydrogen-bond acceptors (Lipinski definition) is 5. The Morgan fingerprint density at radius 1 is 0.862 bits per heavy atom. The van der Waals surface area contributed by atoms with Crippen LogP contribution in [-0.4, -0.2) is 17.6 Å². The lowest BCUT2D eigenvalue weighted by Crippen LogP contribution is -2.13. The molecule has 0 bridgehead atoms. The number of para-hydroxylation sites is 1. The van der Waals surface area contributed by atoms with Crippen molar-refractivity contribution in [2.24, 2.45) is 10.2 Å². The van der Waals surface area contributed by atoms with Gasteiger partial charge in [0.25, 0.3) is 0 Å². The second-order valence-corrected chi connectivity index (χ2v) is 7.23. The molecule has 0 saturated heterocycles. The van der Waals surface area contributed by atoms with Crippen LogP contribution in [0.1, 0.15) is 5.56 Å². The van der Waals surface area contributed by atoms with E-state index in [1.54, 1.807) is 17.6 Å². The Balaban J connectivity index is 1.55. The van der Waals surface area contributed by atoms with E-state index >= 15 is 0 Å². The van der Waals surface area contributed by atoms with E-state index < -0.39 is 0 Å². The Morgan fingerprint density at radius 3 is 2.45 bits per heavy atom. The number of fused-ring (bicyclic) bond motifs is 1. The van der Waals surface area contributed by atoms with Crippen molar-refractivity contribution in [1.29, 1.82) is 0 Å². The van der Waals surface area contributed by atoms with Crippen LogP contribution in [0, 0.1) is 0 Å². The van der Waals surface area contributed by atoms with Crippen molar-refractivity contribution in [3.63, 3.8) is 0 Å². The highest BCUT2D eigenvalue weighted by Gasteiger charge is 2.12. The minimum absolute atomic E-state index is 0.259. The SMILES string of the molecule is C(=N/N=c1/scc(-c2ccccc2)n1-c1ccccc1)/c1ccc2c(c1)OCO2. The van der Waals surface area contributed by atoms with Gasteiger partial charge in [-0.1, -0.05) is 48.5 Å². The van der Waals surface area contributed by atoms with E-state index in [0.717, 1.165) is 38.8 Å². The van der Waals surface area contributed by atoms with Gasteiger partial charge in [0.1, 0.15) is 0 Å². The molecule has 5 nitrogen and oxygen atoms in total. The van der Waals surface area contributed by atoms with Crippen molar-refractivity contribution in [2.45, 2.75) is 0 Å². The lowest BCUT2D eigenvalue weighted by molar-refractivity contribution is 0.174. The molecule has 1 aliphatic rings. The molecule has 0 N–H and O–H groups in total. The predicted molar refractivity (Wildman–Crippen MR) is 115 cm³/mol. The highest BCUT2D eigenvalue weighted by Crippen LogP contribution is 2.32. The quantitative estimate of drug-likeness (QED) is 0.363. The molecule has 0 radical (unpaired) electrons. The van der Waals surface area contributed by atoms with Gasteiger partial charge in [0, 0.05) is 11.1 Å². The van der Waals surface area contributed by atoms with E-state index in [4.69, 9.17) is 9.47 Å². The third-order valence-electron chi connectivity index (χ3n) is 4.54. The zero-order chi connectivity index (χ0) is 19.5.